The van der Waals surface area contributed by atoms with Crippen molar-refractivity contribution in [2.45, 2.75) is 76.4 Å². The summed E-state index contributed by atoms with van der Waals surface area (Å²) >= 11 is 0. The average molecular weight is 511 g/mol. The summed E-state index contributed by atoms with van der Waals surface area (Å²) in [7, 11) is 0. The molecule has 1 unspecified atom stereocenters. The second kappa shape index (κ2) is 14.0. The standard InChI is InChI=1S/C35H46N2O/c1-29-13-8-10-23-37(29)24-11-9-14-30-15-12-20-34(27-30)38-33-21-25-36(26-22-33)28-35(31-16-4-2-5-17-31)32-18-6-3-7-19-32/h2-7,12,15-20,27,29,33,35H,8-11,13-14,21-26,28H2,1H3. The van der Waals surface area contributed by atoms with E-state index in [1.165, 1.54) is 61.9 Å². The van der Waals surface area contributed by atoms with Gasteiger partial charge in [-0.1, -0.05) is 79.2 Å². The minimum atomic E-state index is 0.314. The van der Waals surface area contributed by atoms with Crippen LogP contribution >= 0.6 is 0 Å². The van der Waals surface area contributed by atoms with Crippen LogP contribution in [0.25, 0.3) is 0 Å². The van der Waals surface area contributed by atoms with Crippen molar-refractivity contribution in [1.29, 1.82) is 0 Å². The number of likely N-dealkylation sites (tertiary alicyclic amines) is 2. The molecule has 2 aliphatic rings. The predicted molar refractivity (Wildman–Crippen MR) is 159 cm³/mol. The van der Waals surface area contributed by atoms with Crippen molar-refractivity contribution < 1.29 is 4.74 Å². The van der Waals surface area contributed by atoms with E-state index in [1.54, 1.807) is 0 Å². The van der Waals surface area contributed by atoms with Gasteiger partial charge >= 0.3 is 0 Å². The minimum absolute atomic E-state index is 0.314. The van der Waals surface area contributed by atoms with Crippen molar-refractivity contribution >= 4 is 0 Å². The van der Waals surface area contributed by atoms with Crippen LogP contribution < -0.4 is 4.74 Å². The van der Waals surface area contributed by atoms with Crippen molar-refractivity contribution in [3.63, 3.8) is 0 Å². The van der Waals surface area contributed by atoms with E-state index in [-0.39, 0.29) is 0 Å². The van der Waals surface area contributed by atoms with Gasteiger partial charge in [0.1, 0.15) is 11.9 Å². The second-order valence-corrected chi connectivity index (χ2v) is 11.5. The first-order valence-electron chi connectivity index (χ1n) is 15.1. The predicted octanol–water partition coefficient (Wildman–Crippen LogP) is 7.56. The van der Waals surface area contributed by atoms with Crippen molar-refractivity contribution in [3.8, 4) is 5.75 Å². The van der Waals surface area contributed by atoms with E-state index in [1.807, 2.05) is 0 Å². The van der Waals surface area contributed by atoms with Gasteiger partial charge in [-0.3, -0.25) is 0 Å². The molecule has 0 aromatic heterocycles. The van der Waals surface area contributed by atoms with Crippen molar-refractivity contribution in [2.75, 3.05) is 32.7 Å². The monoisotopic (exact) mass is 510 g/mol. The first-order chi connectivity index (χ1) is 18.7. The molecule has 0 amide bonds. The Morgan fingerprint density at radius 3 is 2.16 bits per heavy atom. The lowest BCUT2D eigenvalue weighted by atomic mass is 9.90. The zero-order valence-corrected chi connectivity index (χ0v) is 23.3. The fourth-order valence-electron chi connectivity index (χ4n) is 6.34. The van der Waals surface area contributed by atoms with Crippen molar-refractivity contribution in [2.24, 2.45) is 0 Å². The molecule has 2 saturated heterocycles. The molecule has 3 aromatic rings. The first kappa shape index (κ1) is 27.0. The lowest BCUT2D eigenvalue weighted by molar-refractivity contribution is 0.0988. The summed E-state index contributed by atoms with van der Waals surface area (Å²) in [5.74, 6) is 1.46. The van der Waals surface area contributed by atoms with Gasteiger partial charge in [-0.15, -0.1) is 0 Å². The molecule has 2 aliphatic heterocycles. The number of ether oxygens (including phenoxy) is 1. The second-order valence-electron chi connectivity index (χ2n) is 11.5. The Morgan fingerprint density at radius 1 is 0.763 bits per heavy atom. The molecular formula is C35H46N2O. The van der Waals surface area contributed by atoms with E-state index in [0.29, 0.717) is 12.0 Å². The molecule has 0 N–H and O–H groups in total. The topological polar surface area (TPSA) is 15.7 Å². The maximum atomic E-state index is 6.50. The van der Waals surface area contributed by atoms with Gasteiger partial charge in [-0.05, 0) is 93.8 Å². The largest absolute Gasteiger partial charge is 0.490 e. The number of nitrogens with zero attached hydrogens (tertiary/aromatic N) is 2. The molecule has 3 aromatic carbocycles. The summed E-state index contributed by atoms with van der Waals surface area (Å²) in [5.41, 5.74) is 4.22. The quantitative estimate of drug-likeness (QED) is 0.248. The fourth-order valence-corrected chi connectivity index (χ4v) is 6.34. The highest BCUT2D eigenvalue weighted by Crippen LogP contribution is 2.28. The Balaban J connectivity index is 1.08. The summed E-state index contributed by atoms with van der Waals surface area (Å²) in [5, 5.41) is 0. The number of hydrogen-bond acceptors (Lipinski definition) is 3. The third-order valence-corrected chi connectivity index (χ3v) is 8.68. The molecule has 1 atom stereocenters. The van der Waals surface area contributed by atoms with Gasteiger partial charge in [0.25, 0.3) is 0 Å². The molecule has 0 saturated carbocycles. The van der Waals surface area contributed by atoms with Crippen molar-refractivity contribution in [1.82, 2.24) is 9.80 Å². The van der Waals surface area contributed by atoms with Gasteiger partial charge in [0, 0.05) is 31.6 Å². The van der Waals surface area contributed by atoms with Gasteiger partial charge in [-0.25, -0.2) is 0 Å². The number of rotatable bonds is 11. The number of hydrogen-bond donors (Lipinski definition) is 0. The molecule has 3 heteroatoms. The molecular weight excluding hydrogens is 464 g/mol. The van der Waals surface area contributed by atoms with E-state index >= 15 is 0 Å². The maximum Gasteiger partial charge on any atom is 0.119 e. The van der Waals surface area contributed by atoms with E-state index in [2.05, 4.69) is 102 Å². The fraction of sp³-hybridized carbons (Fsp3) is 0.486. The molecule has 202 valence electrons. The van der Waals surface area contributed by atoms with Gasteiger partial charge in [-0.2, -0.15) is 0 Å². The van der Waals surface area contributed by atoms with Crippen LogP contribution in [-0.2, 0) is 6.42 Å². The minimum Gasteiger partial charge on any atom is -0.490 e. The van der Waals surface area contributed by atoms with Gasteiger partial charge < -0.3 is 14.5 Å². The number of unbranched alkanes of at least 4 members (excludes halogenated alkanes) is 1. The van der Waals surface area contributed by atoms with Gasteiger partial charge in [0.2, 0.25) is 0 Å². The van der Waals surface area contributed by atoms with E-state index in [0.717, 1.165) is 50.7 Å². The molecule has 2 fully saturated rings. The molecule has 0 aliphatic carbocycles. The van der Waals surface area contributed by atoms with Crippen LogP contribution in [-0.4, -0.2) is 54.7 Å². The summed E-state index contributed by atoms with van der Waals surface area (Å²) in [6, 6.07) is 31.6. The van der Waals surface area contributed by atoms with Crippen LogP contribution in [0.4, 0.5) is 0 Å². The van der Waals surface area contributed by atoms with E-state index in [9.17, 15) is 0 Å². The van der Waals surface area contributed by atoms with Gasteiger partial charge in [0.15, 0.2) is 0 Å². The Hall–Kier alpha value is -2.62. The lowest BCUT2D eigenvalue weighted by Gasteiger charge is -2.34. The maximum absolute atomic E-state index is 6.50. The molecule has 3 nitrogen and oxygen atoms in total. The molecule has 0 bridgehead atoms. The normalized spacial score (nSPS) is 19.6. The van der Waals surface area contributed by atoms with Crippen LogP contribution in [0.15, 0.2) is 84.9 Å². The third-order valence-electron chi connectivity index (χ3n) is 8.68. The van der Waals surface area contributed by atoms with Crippen LogP contribution in [0, 0.1) is 0 Å². The summed E-state index contributed by atoms with van der Waals surface area (Å²) < 4.78 is 6.50. The third kappa shape index (κ3) is 7.71. The van der Waals surface area contributed by atoms with Crippen LogP contribution in [0.1, 0.15) is 74.5 Å². The van der Waals surface area contributed by atoms with Crippen molar-refractivity contribution in [3.05, 3.63) is 102 Å². The summed E-state index contributed by atoms with van der Waals surface area (Å²) in [4.78, 5) is 5.32. The Kier molecular flexibility index (Phi) is 9.91. The van der Waals surface area contributed by atoms with Crippen LogP contribution in [0.3, 0.4) is 0 Å². The lowest BCUT2D eigenvalue weighted by Crippen LogP contribution is -2.40. The highest BCUT2D eigenvalue weighted by atomic mass is 16.5. The smallest absolute Gasteiger partial charge is 0.119 e. The Labute approximate surface area is 230 Å². The zero-order chi connectivity index (χ0) is 26.0. The average Bonchev–Trinajstić information content (AvgIpc) is 2.97. The highest BCUT2D eigenvalue weighted by molar-refractivity contribution is 5.33. The Morgan fingerprint density at radius 2 is 1.47 bits per heavy atom. The Bertz CT molecular complexity index is 1040. The van der Waals surface area contributed by atoms with Crippen LogP contribution in [0.5, 0.6) is 5.75 Å². The SMILES string of the molecule is CC1CCCCN1CCCCc1cccc(OC2CCN(CC(c3ccccc3)c3ccccc3)CC2)c1. The number of aryl methyl sites for hydroxylation is 1. The molecule has 0 radical (unpaired) electrons. The van der Waals surface area contributed by atoms with Gasteiger partial charge in [0.05, 0.1) is 0 Å². The number of benzene rings is 3. The number of piperidine rings is 2. The summed E-state index contributed by atoms with van der Waals surface area (Å²) in [6.45, 7) is 8.19. The first-order valence-corrected chi connectivity index (χ1v) is 15.1. The zero-order valence-electron chi connectivity index (χ0n) is 23.3. The molecule has 5 rings (SSSR count). The van der Waals surface area contributed by atoms with Crippen LogP contribution in [0.2, 0.25) is 0 Å². The molecule has 38 heavy (non-hydrogen) atoms. The molecule has 0 spiro atoms. The summed E-state index contributed by atoms with van der Waals surface area (Å²) in [6.07, 6.45) is 10.4. The van der Waals surface area contributed by atoms with E-state index < -0.39 is 0 Å². The van der Waals surface area contributed by atoms with E-state index in [4.69, 9.17) is 4.74 Å². The molecule has 2 heterocycles. The highest BCUT2D eigenvalue weighted by Gasteiger charge is 2.24.